The summed E-state index contributed by atoms with van der Waals surface area (Å²) in [4.78, 5) is 50.5. The van der Waals surface area contributed by atoms with Crippen LogP contribution in [0, 0.1) is 23.7 Å². The molecule has 7 atom stereocenters. The fraction of sp³-hybridized carbons (Fsp3) is 0.818. The monoisotopic (exact) mass is 410 g/mol. The van der Waals surface area contributed by atoms with E-state index in [2.05, 4.69) is 0 Å². The fourth-order valence-electron chi connectivity index (χ4n) is 4.71. The lowest BCUT2D eigenvalue weighted by Crippen LogP contribution is -2.50. The molecule has 2 heterocycles. The van der Waals surface area contributed by atoms with Gasteiger partial charge in [-0.25, -0.2) is 0 Å². The minimum atomic E-state index is -1.10. The van der Waals surface area contributed by atoms with Gasteiger partial charge < -0.3 is 14.2 Å². The molecule has 2 rings (SSSR count). The highest BCUT2D eigenvalue weighted by atomic mass is 16.6. The minimum absolute atomic E-state index is 0.0205. The minimum Gasteiger partial charge on any atom is -0.458 e. The molecule has 2 unspecified atom stereocenters. The lowest BCUT2D eigenvalue weighted by atomic mass is 9.73. The number of methoxy groups -OCH3 is 1. The molecule has 0 N–H and O–H groups in total. The summed E-state index contributed by atoms with van der Waals surface area (Å²) in [6, 6.07) is 0. The van der Waals surface area contributed by atoms with E-state index in [0.717, 1.165) is 0 Å². The molecular weight excluding hydrogens is 376 g/mol. The molecule has 2 fully saturated rings. The Morgan fingerprint density at radius 3 is 2.38 bits per heavy atom. The Balaban J connectivity index is 2.41. The van der Waals surface area contributed by atoms with E-state index >= 15 is 0 Å². The average molecular weight is 411 g/mol. The van der Waals surface area contributed by atoms with Gasteiger partial charge in [0.25, 0.3) is 0 Å². The van der Waals surface area contributed by atoms with Gasteiger partial charge in [0.15, 0.2) is 0 Å². The number of fused-ring (bicyclic) bond motifs is 1. The molecule has 7 nitrogen and oxygen atoms in total. The van der Waals surface area contributed by atoms with Crippen molar-refractivity contribution in [2.24, 2.45) is 23.7 Å². The highest BCUT2D eigenvalue weighted by Crippen LogP contribution is 2.43. The van der Waals surface area contributed by atoms with Crippen LogP contribution in [-0.4, -0.2) is 48.4 Å². The van der Waals surface area contributed by atoms with Crippen LogP contribution in [0.2, 0.25) is 0 Å². The first-order valence-corrected chi connectivity index (χ1v) is 10.6. The van der Waals surface area contributed by atoms with Gasteiger partial charge in [-0.05, 0) is 33.1 Å². The summed E-state index contributed by atoms with van der Waals surface area (Å²) in [5.41, 5.74) is -1.10. The molecule has 0 spiro atoms. The number of hydrogen-bond acceptors (Lipinski definition) is 7. The van der Waals surface area contributed by atoms with Gasteiger partial charge in [0.1, 0.15) is 29.2 Å². The van der Waals surface area contributed by atoms with Crippen molar-refractivity contribution in [1.82, 2.24) is 0 Å². The van der Waals surface area contributed by atoms with Gasteiger partial charge in [-0.2, -0.15) is 0 Å². The van der Waals surface area contributed by atoms with Gasteiger partial charge in [0, 0.05) is 31.3 Å². The maximum Gasteiger partial charge on any atom is 0.316 e. The topological polar surface area (TPSA) is 96.0 Å². The van der Waals surface area contributed by atoms with Crippen LogP contribution in [0.15, 0.2) is 0 Å². The van der Waals surface area contributed by atoms with Crippen molar-refractivity contribution in [3.8, 4) is 0 Å². The third-order valence-corrected chi connectivity index (χ3v) is 6.77. The molecule has 0 aromatic carbocycles. The standard InChI is InChI=1S/C22H34O7/c1-7-18-22(5)16(11-19(24)29-22)13(3)17(23)9-8-15(27-6)10-12(2)20(25)14(4)21(26)28-18/h12-16,18H,7-11H2,1-6H3/t12-,13-,14-,15-,16?,18?,22+/m1/s1. The highest BCUT2D eigenvalue weighted by Gasteiger charge is 2.55. The molecule has 0 aromatic rings. The van der Waals surface area contributed by atoms with Gasteiger partial charge in [-0.3, -0.25) is 19.2 Å². The normalized spacial score (nSPS) is 40.1. The molecule has 0 aromatic heterocycles. The van der Waals surface area contributed by atoms with E-state index in [-0.39, 0.29) is 24.1 Å². The van der Waals surface area contributed by atoms with Crippen molar-refractivity contribution < 1.29 is 33.4 Å². The van der Waals surface area contributed by atoms with Crippen molar-refractivity contribution in [3.05, 3.63) is 0 Å². The third kappa shape index (κ3) is 4.87. The molecule has 0 saturated carbocycles. The molecule has 164 valence electrons. The molecule has 2 saturated heterocycles. The van der Waals surface area contributed by atoms with Gasteiger partial charge >= 0.3 is 11.9 Å². The van der Waals surface area contributed by atoms with E-state index in [1.807, 2.05) is 13.8 Å². The molecule has 0 radical (unpaired) electrons. The second kappa shape index (κ2) is 9.37. The first kappa shape index (κ1) is 23.5. The number of carbonyl (C=O) groups excluding carboxylic acids is 4. The van der Waals surface area contributed by atoms with E-state index in [9.17, 15) is 19.2 Å². The zero-order valence-corrected chi connectivity index (χ0v) is 18.4. The van der Waals surface area contributed by atoms with Crippen LogP contribution in [0.25, 0.3) is 0 Å². The van der Waals surface area contributed by atoms with Crippen molar-refractivity contribution in [3.63, 3.8) is 0 Å². The Morgan fingerprint density at radius 2 is 1.79 bits per heavy atom. The number of hydrogen-bond donors (Lipinski definition) is 0. The van der Waals surface area contributed by atoms with Gasteiger partial charge in [-0.1, -0.05) is 20.8 Å². The molecule has 2 aliphatic heterocycles. The Hall–Kier alpha value is -1.76. The average Bonchev–Trinajstić information content (AvgIpc) is 3.00. The smallest absolute Gasteiger partial charge is 0.316 e. The van der Waals surface area contributed by atoms with Crippen molar-refractivity contribution in [2.75, 3.05) is 7.11 Å². The van der Waals surface area contributed by atoms with Crippen molar-refractivity contribution in [2.45, 2.75) is 84.5 Å². The van der Waals surface area contributed by atoms with Gasteiger partial charge in [-0.15, -0.1) is 0 Å². The maximum absolute atomic E-state index is 12.9. The van der Waals surface area contributed by atoms with Crippen LogP contribution in [0.4, 0.5) is 0 Å². The zero-order valence-electron chi connectivity index (χ0n) is 18.4. The highest BCUT2D eigenvalue weighted by molar-refractivity contribution is 5.99. The summed E-state index contributed by atoms with van der Waals surface area (Å²) in [6.07, 6.45) is 0.772. The SMILES string of the molecule is CCC1OC(=O)[C@H](C)C(=O)[C@H](C)C[C@H](OC)CCC(=O)[C@H](C)C2CC(=O)O[C@]12C. The van der Waals surface area contributed by atoms with Crippen LogP contribution in [0.3, 0.4) is 0 Å². The summed E-state index contributed by atoms with van der Waals surface area (Å²) in [5, 5.41) is 0. The first-order chi connectivity index (χ1) is 13.5. The quantitative estimate of drug-likeness (QED) is 0.510. The Bertz CT molecular complexity index is 658. The molecule has 0 amide bonds. The lowest BCUT2D eigenvalue weighted by molar-refractivity contribution is -0.183. The van der Waals surface area contributed by atoms with Crippen LogP contribution in [0.1, 0.15) is 66.7 Å². The van der Waals surface area contributed by atoms with Crippen LogP contribution >= 0.6 is 0 Å². The maximum atomic E-state index is 12.9. The zero-order chi connectivity index (χ0) is 21.9. The molecule has 29 heavy (non-hydrogen) atoms. The molecular formula is C22H34O7. The number of esters is 2. The van der Waals surface area contributed by atoms with Crippen molar-refractivity contribution >= 4 is 23.5 Å². The predicted octanol–water partition coefficient (Wildman–Crippen LogP) is 2.88. The van der Waals surface area contributed by atoms with E-state index in [1.165, 1.54) is 0 Å². The first-order valence-electron chi connectivity index (χ1n) is 10.6. The number of cyclic esters (lactones) is 1. The number of ether oxygens (including phenoxy) is 3. The van der Waals surface area contributed by atoms with E-state index in [1.54, 1.807) is 27.9 Å². The summed E-state index contributed by atoms with van der Waals surface area (Å²) in [6.45, 7) is 8.69. The molecule has 0 aliphatic carbocycles. The Kier molecular flexibility index (Phi) is 7.60. The van der Waals surface area contributed by atoms with Gasteiger partial charge in [0.05, 0.1) is 12.5 Å². The second-order valence-corrected chi connectivity index (χ2v) is 8.71. The van der Waals surface area contributed by atoms with Crippen LogP contribution in [-0.2, 0) is 33.4 Å². The number of Topliss-reactive ketones (excluding diaryl/α,β-unsaturated/α-hetero) is 2. The van der Waals surface area contributed by atoms with Crippen molar-refractivity contribution in [1.29, 1.82) is 0 Å². The Labute approximate surface area is 172 Å². The second-order valence-electron chi connectivity index (χ2n) is 8.71. The van der Waals surface area contributed by atoms with E-state index in [0.29, 0.717) is 25.7 Å². The van der Waals surface area contributed by atoms with Crippen LogP contribution < -0.4 is 0 Å². The van der Waals surface area contributed by atoms with E-state index in [4.69, 9.17) is 14.2 Å². The number of ketones is 2. The third-order valence-electron chi connectivity index (χ3n) is 6.77. The summed E-state index contributed by atoms with van der Waals surface area (Å²) >= 11 is 0. The largest absolute Gasteiger partial charge is 0.458 e. The lowest BCUT2D eigenvalue weighted by Gasteiger charge is -2.39. The molecule has 7 heteroatoms. The fourth-order valence-corrected chi connectivity index (χ4v) is 4.71. The summed E-state index contributed by atoms with van der Waals surface area (Å²) in [7, 11) is 1.56. The van der Waals surface area contributed by atoms with Crippen LogP contribution in [0.5, 0.6) is 0 Å². The van der Waals surface area contributed by atoms with E-state index < -0.39 is 47.3 Å². The summed E-state index contributed by atoms with van der Waals surface area (Å²) < 4.78 is 16.8. The molecule has 2 aliphatic rings. The number of rotatable bonds is 2. The molecule has 0 bridgehead atoms. The number of carbonyl (C=O) groups is 4. The predicted molar refractivity (Wildman–Crippen MR) is 105 cm³/mol. The Morgan fingerprint density at radius 1 is 1.14 bits per heavy atom. The summed E-state index contributed by atoms with van der Waals surface area (Å²) in [5.74, 6) is -3.35. The van der Waals surface area contributed by atoms with Gasteiger partial charge in [0.2, 0.25) is 0 Å².